The average molecular weight is 403 g/mol. The van der Waals surface area contributed by atoms with Crippen LogP contribution in [0.15, 0.2) is 77.8 Å². The van der Waals surface area contributed by atoms with Gasteiger partial charge in [-0.25, -0.2) is 0 Å². The number of thiazole rings is 1. The molecule has 0 aliphatic carbocycles. The first-order valence-electron chi connectivity index (χ1n) is 9.66. The van der Waals surface area contributed by atoms with Crippen molar-refractivity contribution in [3.05, 3.63) is 88.7 Å². The van der Waals surface area contributed by atoms with Gasteiger partial charge in [-0.15, -0.1) is 0 Å². The molecule has 0 aliphatic heterocycles. The van der Waals surface area contributed by atoms with Crippen molar-refractivity contribution in [1.82, 2.24) is 4.57 Å². The van der Waals surface area contributed by atoms with Gasteiger partial charge in [-0.2, -0.15) is 4.99 Å². The van der Waals surface area contributed by atoms with Crippen molar-refractivity contribution in [2.45, 2.75) is 26.8 Å². The molecule has 4 nitrogen and oxygen atoms in total. The second-order valence-electron chi connectivity index (χ2n) is 6.87. The summed E-state index contributed by atoms with van der Waals surface area (Å²) in [7, 11) is 0. The van der Waals surface area contributed by atoms with Crippen LogP contribution in [0.25, 0.3) is 10.2 Å². The molecule has 5 heteroatoms. The normalized spacial score (nSPS) is 11.7. The molecule has 0 spiro atoms. The topological polar surface area (TPSA) is 43.6 Å². The van der Waals surface area contributed by atoms with Gasteiger partial charge >= 0.3 is 0 Å². The number of para-hydroxylation sites is 1. The van der Waals surface area contributed by atoms with Crippen LogP contribution < -0.4 is 9.54 Å². The van der Waals surface area contributed by atoms with Gasteiger partial charge in [0.15, 0.2) is 4.80 Å². The summed E-state index contributed by atoms with van der Waals surface area (Å²) in [5.74, 6) is 1.08. The van der Waals surface area contributed by atoms with E-state index in [0.717, 1.165) is 33.7 Å². The van der Waals surface area contributed by atoms with E-state index in [0.29, 0.717) is 11.3 Å². The molecule has 0 atom stereocenters. The van der Waals surface area contributed by atoms with Crippen LogP contribution in [0.5, 0.6) is 11.5 Å². The number of hydrogen-bond donors (Lipinski definition) is 0. The van der Waals surface area contributed by atoms with Gasteiger partial charge in [0.05, 0.1) is 10.2 Å². The summed E-state index contributed by atoms with van der Waals surface area (Å²) in [6, 6.07) is 23.0. The SMILES string of the molecule is CCCn1c(=NC(=O)c2cccc(Oc3ccccc3)c2)sc2cc(C)ccc21. The van der Waals surface area contributed by atoms with Gasteiger partial charge in [-0.3, -0.25) is 4.79 Å². The fraction of sp³-hybridized carbons (Fsp3) is 0.167. The Bertz CT molecular complexity index is 1220. The molecule has 1 amide bonds. The Morgan fingerprint density at radius 1 is 1.00 bits per heavy atom. The molecule has 0 radical (unpaired) electrons. The number of ether oxygens (including phenoxy) is 1. The largest absolute Gasteiger partial charge is 0.457 e. The predicted molar refractivity (Wildman–Crippen MR) is 118 cm³/mol. The van der Waals surface area contributed by atoms with Crippen molar-refractivity contribution < 1.29 is 9.53 Å². The predicted octanol–water partition coefficient (Wildman–Crippen LogP) is 5.95. The quantitative estimate of drug-likeness (QED) is 0.414. The smallest absolute Gasteiger partial charge is 0.279 e. The molecule has 146 valence electrons. The monoisotopic (exact) mass is 402 g/mol. The third kappa shape index (κ3) is 4.30. The first-order valence-corrected chi connectivity index (χ1v) is 10.5. The van der Waals surface area contributed by atoms with E-state index in [1.54, 1.807) is 23.5 Å². The van der Waals surface area contributed by atoms with E-state index >= 15 is 0 Å². The molecule has 1 aromatic heterocycles. The van der Waals surface area contributed by atoms with Crippen LogP contribution in [0.2, 0.25) is 0 Å². The number of hydrogen-bond acceptors (Lipinski definition) is 3. The number of nitrogens with zero attached hydrogens (tertiary/aromatic N) is 2. The van der Waals surface area contributed by atoms with Crippen LogP contribution in [-0.2, 0) is 6.54 Å². The van der Waals surface area contributed by atoms with E-state index in [1.165, 1.54) is 5.56 Å². The maximum Gasteiger partial charge on any atom is 0.279 e. The summed E-state index contributed by atoms with van der Waals surface area (Å²) in [6.07, 6.45) is 0.974. The van der Waals surface area contributed by atoms with Crippen LogP contribution in [-0.4, -0.2) is 10.5 Å². The van der Waals surface area contributed by atoms with Gasteiger partial charge in [0.1, 0.15) is 11.5 Å². The highest BCUT2D eigenvalue weighted by Gasteiger charge is 2.10. The number of benzene rings is 3. The highest BCUT2D eigenvalue weighted by Crippen LogP contribution is 2.23. The molecule has 0 bridgehead atoms. The Morgan fingerprint density at radius 2 is 1.79 bits per heavy atom. The lowest BCUT2D eigenvalue weighted by Crippen LogP contribution is -2.16. The zero-order valence-electron chi connectivity index (χ0n) is 16.5. The van der Waals surface area contributed by atoms with Crippen molar-refractivity contribution in [2.75, 3.05) is 0 Å². The number of amides is 1. The second kappa shape index (κ2) is 8.45. The molecule has 4 aromatic rings. The van der Waals surface area contributed by atoms with E-state index in [4.69, 9.17) is 4.74 Å². The van der Waals surface area contributed by atoms with Gasteiger partial charge in [0, 0.05) is 12.1 Å². The van der Waals surface area contributed by atoms with E-state index in [-0.39, 0.29) is 5.91 Å². The highest BCUT2D eigenvalue weighted by molar-refractivity contribution is 7.16. The summed E-state index contributed by atoms with van der Waals surface area (Å²) in [5.41, 5.74) is 2.83. The Labute approximate surface area is 173 Å². The molecule has 29 heavy (non-hydrogen) atoms. The summed E-state index contributed by atoms with van der Waals surface area (Å²) in [5, 5.41) is 0. The lowest BCUT2D eigenvalue weighted by molar-refractivity contribution is 0.0997. The first-order chi connectivity index (χ1) is 14.1. The average Bonchev–Trinajstić information content (AvgIpc) is 3.05. The molecule has 0 N–H and O–H groups in total. The van der Waals surface area contributed by atoms with Crippen molar-refractivity contribution in [3.63, 3.8) is 0 Å². The van der Waals surface area contributed by atoms with Crippen LogP contribution in [0, 0.1) is 6.92 Å². The Balaban J connectivity index is 1.69. The molecule has 0 unspecified atom stereocenters. The van der Waals surface area contributed by atoms with Gasteiger partial charge in [-0.1, -0.05) is 48.6 Å². The van der Waals surface area contributed by atoms with Crippen molar-refractivity contribution in [1.29, 1.82) is 0 Å². The molecule has 0 saturated carbocycles. The maximum atomic E-state index is 12.9. The Morgan fingerprint density at radius 3 is 2.59 bits per heavy atom. The van der Waals surface area contributed by atoms with Crippen LogP contribution in [0.1, 0.15) is 29.3 Å². The summed E-state index contributed by atoms with van der Waals surface area (Å²) in [6.45, 7) is 5.02. The fourth-order valence-electron chi connectivity index (χ4n) is 3.17. The summed E-state index contributed by atoms with van der Waals surface area (Å²) < 4.78 is 9.12. The Hall–Kier alpha value is -3.18. The molecule has 0 saturated heterocycles. The molecule has 4 rings (SSSR count). The number of carbonyl (C=O) groups excluding carboxylic acids is 1. The maximum absolute atomic E-state index is 12.9. The Kier molecular flexibility index (Phi) is 5.58. The minimum absolute atomic E-state index is 0.267. The standard InChI is InChI=1S/C24H22N2O2S/c1-3-14-26-21-13-12-17(2)15-22(21)29-24(26)25-23(27)18-8-7-11-20(16-18)28-19-9-5-4-6-10-19/h4-13,15-16H,3,14H2,1-2H3. The van der Waals surface area contributed by atoms with Gasteiger partial charge in [-0.05, 0) is 61.4 Å². The third-order valence-electron chi connectivity index (χ3n) is 4.54. The fourth-order valence-corrected chi connectivity index (χ4v) is 4.33. The third-order valence-corrected chi connectivity index (χ3v) is 5.58. The second-order valence-corrected chi connectivity index (χ2v) is 7.88. The first kappa shape index (κ1) is 19.2. The zero-order chi connectivity index (χ0) is 20.2. The molecule has 1 heterocycles. The minimum Gasteiger partial charge on any atom is -0.457 e. The number of aromatic nitrogens is 1. The molecule has 3 aromatic carbocycles. The van der Waals surface area contributed by atoms with Crippen molar-refractivity contribution in [3.8, 4) is 11.5 Å². The van der Waals surface area contributed by atoms with Gasteiger partial charge in [0.25, 0.3) is 5.91 Å². The number of carbonyl (C=O) groups is 1. The molecule has 0 aliphatic rings. The van der Waals surface area contributed by atoms with E-state index < -0.39 is 0 Å². The minimum atomic E-state index is -0.267. The lowest BCUT2D eigenvalue weighted by Gasteiger charge is -2.06. The summed E-state index contributed by atoms with van der Waals surface area (Å²) in [4.78, 5) is 18.1. The van der Waals surface area contributed by atoms with E-state index in [2.05, 4.69) is 41.6 Å². The van der Waals surface area contributed by atoms with Crippen LogP contribution in [0.4, 0.5) is 0 Å². The summed E-state index contributed by atoms with van der Waals surface area (Å²) >= 11 is 1.55. The highest BCUT2D eigenvalue weighted by atomic mass is 32.1. The van der Waals surface area contributed by atoms with E-state index in [9.17, 15) is 4.79 Å². The zero-order valence-corrected chi connectivity index (χ0v) is 17.3. The van der Waals surface area contributed by atoms with Crippen molar-refractivity contribution in [2.24, 2.45) is 4.99 Å². The molecule has 0 fully saturated rings. The lowest BCUT2D eigenvalue weighted by atomic mass is 10.2. The molecular formula is C24H22N2O2S. The molecular weight excluding hydrogens is 380 g/mol. The number of fused-ring (bicyclic) bond motifs is 1. The van der Waals surface area contributed by atoms with Gasteiger partial charge < -0.3 is 9.30 Å². The number of rotatable bonds is 5. The van der Waals surface area contributed by atoms with Crippen LogP contribution >= 0.6 is 11.3 Å². The van der Waals surface area contributed by atoms with Crippen LogP contribution in [0.3, 0.4) is 0 Å². The van der Waals surface area contributed by atoms with Gasteiger partial charge in [0.2, 0.25) is 0 Å². The van der Waals surface area contributed by atoms with Crippen molar-refractivity contribution >= 4 is 27.5 Å². The number of aryl methyl sites for hydroxylation is 2. The van der Waals surface area contributed by atoms with E-state index in [1.807, 2.05) is 42.5 Å².